The maximum atomic E-state index is 12.4. The zero-order chi connectivity index (χ0) is 19.4. The van der Waals surface area contributed by atoms with Gasteiger partial charge in [0, 0.05) is 19.4 Å². The zero-order valence-corrected chi connectivity index (χ0v) is 15.3. The van der Waals surface area contributed by atoms with Crippen LogP contribution in [0.3, 0.4) is 0 Å². The fourth-order valence-corrected chi connectivity index (χ4v) is 2.46. The highest BCUT2D eigenvalue weighted by Crippen LogP contribution is 2.23. The van der Waals surface area contributed by atoms with Crippen molar-refractivity contribution in [2.24, 2.45) is 7.05 Å². The molecule has 0 bridgehead atoms. The lowest BCUT2D eigenvalue weighted by Gasteiger charge is -2.07. The second-order valence-corrected chi connectivity index (χ2v) is 5.86. The van der Waals surface area contributed by atoms with Crippen LogP contribution < -0.4 is 10.1 Å². The highest BCUT2D eigenvalue weighted by Gasteiger charge is 2.20. The lowest BCUT2D eigenvalue weighted by molar-refractivity contribution is 0.0594. The maximum absolute atomic E-state index is 12.4. The standard InChI is InChI=1S/C17H16ClN5O4/c1-22-9-13(15(21-22)17(25)26-2)19-16(24)12-7-8-23(20-12)10-27-14-6-4-3-5-11(14)18/h3-9H,10H2,1-2H3,(H,19,24). The van der Waals surface area contributed by atoms with E-state index in [4.69, 9.17) is 16.3 Å². The number of hydrogen-bond acceptors (Lipinski definition) is 6. The lowest BCUT2D eigenvalue weighted by atomic mass is 10.3. The second-order valence-electron chi connectivity index (χ2n) is 5.46. The number of para-hydroxylation sites is 1. The minimum atomic E-state index is -0.649. The third-order valence-electron chi connectivity index (χ3n) is 3.52. The van der Waals surface area contributed by atoms with E-state index in [1.54, 1.807) is 37.5 Å². The van der Waals surface area contributed by atoms with Gasteiger partial charge >= 0.3 is 5.97 Å². The van der Waals surface area contributed by atoms with Crippen LogP contribution in [-0.4, -0.2) is 38.5 Å². The van der Waals surface area contributed by atoms with E-state index in [9.17, 15) is 9.59 Å². The van der Waals surface area contributed by atoms with Crippen molar-refractivity contribution in [2.75, 3.05) is 12.4 Å². The number of carbonyl (C=O) groups is 2. The second kappa shape index (κ2) is 7.92. The summed E-state index contributed by atoms with van der Waals surface area (Å²) in [6.07, 6.45) is 3.10. The number of carbonyl (C=O) groups excluding carboxylic acids is 2. The van der Waals surface area contributed by atoms with Crippen LogP contribution in [-0.2, 0) is 18.5 Å². The van der Waals surface area contributed by atoms with Crippen molar-refractivity contribution in [2.45, 2.75) is 6.73 Å². The predicted octanol–water partition coefficient (Wildman–Crippen LogP) is 2.35. The quantitative estimate of drug-likeness (QED) is 0.649. The molecule has 2 aromatic heterocycles. The lowest BCUT2D eigenvalue weighted by Crippen LogP contribution is -2.16. The average Bonchev–Trinajstić information content (AvgIpc) is 3.27. The van der Waals surface area contributed by atoms with E-state index in [0.717, 1.165) is 0 Å². The fourth-order valence-electron chi connectivity index (χ4n) is 2.27. The van der Waals surface area contributed by atoms with E-state index in [0.29, 0.717) is 10.8 Å². The molecule has 0 unspecified atom stereocenters. The van der Waals surface area contributed by atoms with Crippen LogP contribution in [0.2, 0.25) is 5.02 Å². The topological polar surface area (TPSA) is 100 Å². The number of rotatable bonds is 6. The summed E-state index contributed by atoms with van der Waals surface area (Å²) in [5, 5.41) is 11.2. The number of nitrogens with zero attached hydrogens (tertiary/aromatic N) is 4. The smallest absolute Gasteiger partial charge is 0.360 e. The average molecular weight is 390 g/mol. The number of aryl methyl sites for hydroxylation is 1. The van der Waals surface area contributed by atoms with Crippen LogP contribution in [0.4, 0.5) is 5.69 Å². The van der Waals surface area contributed by atoms with Crippen molar-refractivity contribution in [3.8, 4) is 5.75 Å². The SMILES string of the molecule is COC(=O)c1nn(C)cc1NC(=O)c1ccn(COc2ccccc2Cl)n1. The first-order valence-corrected chi connectivity index (χ1v) is 8.20. The molecule has 9 nitrogen and oxygen atoms in total. The first kappa shape index (κ1) is 18.5. The molecular weight excluding hydrogens is 374 g/mol. The van der Waals surface area contributed by atoms with Gasteiger partial charge in [-0.25, -0.2) is 9.48 Å². The molecule has 0 radical (unpaired) electrons. The number of hydrogen-bond donors (Lipinski definition) is 1. The zero-order valence-electron chi connectivity index (χ0n) is 14.5. The summed E-state index contributed by atoms with van der Waals surface area (Å²) < 4.78 is 13.1. The van der Waals surface area contributed by atoms with Gasteiger partial charge in [-0.1, -0.05) is 23.7 Å². The number of ether oxygens (including phenoxy) is 2. The van der Waals surface area contributed by atoms with E-state index in [2.05, 4.69) is 20.3 Å². The summed E-state index contributed by atoms with van der Waals surface area (Å²) in [6.45, 7) is 0.0807. The minimum Gasteiger partial charge on any atom is -0.470 e. The monoisotopic (exact) mass is 389 g/mol. The molecule has 0 fully saturated rings. The number of aromatic nitrogens is 4. The Hall–Kier alpha value is -3.33. The van der Waals surface area contributed by atoms with Crippen molar-refractivity contribution >= 4 is 29.2 Å². The fraction of sp³-hybridized carbons (Fsp3) is 0.176. The highest BCUT2D eigenvalue weighted by atomic mass is 35.5. The maximum Gasteiger partial charge on any atom is 0.360 e. The molecule has 1 amide bonds. The number of esters is 1. The molecule has 0 atom stereocenters. The first-order valence-electron chi connectivity index (χ1n) is 7.82. The Morgan fingerprint density at radius 2 is 2.00 bits per heavy atom. The number of nitrogens with one attached hydrogen (secondary N) is 1. The van der Waals surface area contributed by atoms with Crippen LogP contribution in [0, 0.1) is 0 Å². The summed E-state index contributed by atoms with van der Waals surface area (Å²) in [5.74, 6) is -0.632. The molecule has 1 N–H and O–H groups in total. The van der Waals surface area contributed by atoms with Crippen molar-refractivity contribution in [1.29, 1.82) is 0 Å². The van der Waals surface area contributed by atoms with Gasteiger partial charge in [-0.3, -0.25) is 9.48 Å². The molecular formula is C17H16ClN5O4. The first-order chi connectivity index (χ1) is 13.0. The molecule has 27 heavy (non-hydrogen) atoms. The molecule has 0 aliphatic rings. The van der Waals surface area contributed by atoms with Crippen molar-refractivity contribution in [3.05, 3.63) is 59.1 Å². The van der Waals surface area contributed by atoms with Gasteiger partial charge < -0.3 is 14.8 Å². The van der Waals surface area contributed by atoms with Gasteiger partial charge in [0.1, 0.15) is 5.75 Å². The summed E-state index contributed by atoms with van der Waals surface area (Å²) in [5.41, 5.74) is 0.392. The van der Waals surface area contributed by atoms with Gasteiger partial charge in [-0.15, -0.1) is 0 Å². The van der Waals surface area contributed by atoms with Gasteiger partial charge in [-0.05, 0) is 18.2 Å². The Morgan fingerprint density at radius 3 is 2.74 bits per heavy atom. The van der Waals surface area contributed by atoms with Gasteiger partial charge in [0.15, 0.2) is 18.1 Å². The van der Waals surface area contributed by atoms with Gasteiger partial charge in [-0.2, -0.15) is 10.2 Å². The van der Waals surface area contributed by atoms with Crippen LogP contribution in [0.15, 0.2) is 42.7 Å². The number of methoxy groups -OCH3 is 1. The minimum absolute atomic E-state index is 0.00911. The largest absolute Gasteiger partial charge is 0.470 e. The Kier molecular flexibility index (Phi) is 5.41. The Labute approximate surface area is 159 Å². The summed E-state index contributed by atoms with van der Waals surface area (Å²) in [6, 6.07) is 8.57. The van der Waals surface area contributed by atoms with E-state index < -0.39 is 11.9 Å². The van der Waals surface area contributed by atoms with E-state index in [-0.39, 0.29) is 23.8 Å². The Morgan fingerprint density at radius 1 is 1.22 bits per heavy atom. The summed E-state index contributed by atoms with van der Waals surface area (Å²) in [4.78, 5) is 24.1. The number of amides is 1. The van der Waals surface area contributed by atoms with Crippen molar-refractivity contribution in [3.63, 3.8) is 0 Å². The number of halogens is 1. The molecule has 0 saturated carbocycles. The molecule has 0 saturated heterocycles. The Bertz CT molecular complexity index is 981. The molecule has 0 spiro atoms. The van der Waals surface area contributed by atoms with Crippen LogP contribution in [0.25, 0.3) is 0 Å². The normalized spacial score (nSPS) is 10.5. The molecule has 10 heteroatoms. The van der Waals surface area contributed by atoms with Gasteiger partial charge in [0.2, 0.25) is 0 Å². The number of anilines is 1. The predicted molar refractivity (Wildman–Crippen MR) is 96.8 cm³/mol. The molecule has 140 valence electrons. The van der Waals surface area contributed by atoms with Gasteiger partial charge in [0.05, 0.1) is 17.8 Å². The molecule has 1 aromatic carbocycles. The number of benzene rings is 1. The molecule has 0 aliphatic heterocycles. The van der Waals surface area contributed by atoms with Crippen LogP contribution >= 0.6 is 11.6 Å². The molecule has 0 aliphatic carbocycles. The van der Waals surface area contributed by atoms with Crippen molar-refractivity contribution < 1.29 is 19.1 Å². The highest BCUT2D eigenvalue weighted by molar-refractivity contribution is 6.32. The van der Waals surface area contributed by atoms with Gasteiger partial charge in [0.25, 0.3) is 5.91 Å². The summed E-state index contributed by atoms with van der Waals surface area (Å²) in [7, 11) is 2.87. The summed E-state index contributed by atoms with van der Waals surface area (Å²) >= 11 is 6.03. The van der Waals surface area contributed by atoms with Crippen molar-refractivity contribution in [1.82, 2.24) is 19.6 Å². The molecule has 2 heterocycles. The van der Waals surface area contributed by atoms with E-state index >= 15 is 0 Å². The van der Waals surface area contributed by atoms with E-state index in [1.807, 2.05) is 0 Å². The van der Waals surface area contributed by atoms with Crippen LogP contribution in [0.5, 0.6) is 5.75 Å². The third kappa shape index (κ3) is 4.26. The molecule has 3 rings (SSSR count). The van der Waals surface area contributed by atoms with Crippen LogP contribution in [0.1, 0.15) is 21.0 Å². The third-order valence-corrected chi connectivity index (χ3v) is 3.83. The molecule has 3 aromatic rings. The Balaban J connectivity index is 1.67. The van der Waals surface area contributed by atoms with E-state index in [1.165, 1.54) is 28.7 Å².